The number of nitrogens with one attached hydrogen (secondary N) is 1. The minimum absolute atomic E-state index is 0.373. The molecule has 112 valence electrons. The predicted octanol–water partition coefficient (Wildman–Crippen LogP) is 2.17. The number of benzene rings is 1. The fourth-order valence-electron chi connectivity index (χ4n) is 3.86. The summed E-state index contributed by atoms with van der Waals surface area (Å²) in [5.74, 6) is 1.11. The Morgan fingerprint density at radius 2 is 1.90 bits per heavy atom. The molecule has 1 aliphatic heterocycles. The number of fused-ring (bicyclic) bond motifs is 2. The van der Waals surface area contributed by atoms with Gasteiger partial charge in [0, 0.05) is 35.9 Å². The Morgan fingerprint density at radius 1 is 1.19 bits per heavy atom. The van der Waals surface area contributed by atoms with Gasteiger partial charge in [0.05, 0.1) is 0 Å². The third-order valence-corrected chi connectivity index (χ3v) is 6.85. The van der Waals surface area contributed by atoms with E-state index in [2.05, 4.69) is 4.98 Å². The fraction of sp³-hybridized carbons (Fsp3) is 0.467. The van der Waals surface area contributed by atoms with Crippen molar-refractivity contribution in [2.45, 2.75) is 24.2 Å². The predicted molar refractivity (Wildman–Crippen MR) is 82.3 cm³/mol. The van der Waals surface area contributed by atoms with Gasteiger partial charge in [-0.15, -0.1) is 0 Å². The van der Waals surface area contributed by atoms with Crippen LogP contribution >= 0.6 is 0 Å². The molecule has 2 fully saturated rings. The molecule has 0 amide bonds. The Morgan fingerprint density at radius 3 is 2.62 bits per heavy atom. The highest BCUT2D eigenvalue weighted by Gasteiger charge is 2.41. The van der Waals surface area contributed by atoms with E-state index in [1.165, 1.54) is 19.3 Å². The van der Waals surface area contributed by atoms with E-state index in [0.717, 1.165) is 10.9 Å². The molecule has 1 saturated heterocycles. The molecule has 2 unspecified atom stereocenters. The van der Waals surface area contributed by atoms with Crippen LogP contribution in [-0.4, -0.2) is 30.8 Å². The molecule has 6 heteroatoms. The zero-order valence-electron chi connectivity index (χ0n) is 11.7. The molecule has 2 aliphatic rings. The van der Waals surface area contributed by atoms with Crippen LogP contribution in [-0.2, 0) is 10.0 Å². The number of hydrogen-bond acceptors (Lipinski definition) is 3. The van der Waals surface area contributed by atoms with Crippen molar-refractivity contribution in [1.82, 2.24) is 9.29 Å². The lowest BCUT2D eigenvalue weighted by atomic mass is 10.0. The van der Waals surface area contributed by atoms with Gasteiger partial charge in [-0.3, -0.25) is 0 Å². The van der Waals surface area contributed by atoms with Crippen LogP contribution < -0.4 is 5.73 Å². The molecule has 0 bridgehead atoms. The number of hydrogen-bond donors (Lipinski definition) is 2. The molecule has 4 rings (SSSR count). The van der Waals surface area contributed by atoms with Crippen molar-refractivity contribution in [3.8, 4) is 0 Å². The number of sulfonamides is 1. The van der Waals surface area contributed by atoms with Gasteiger partial charge in [0.15, 0.2) is 0 Å². The van der Waals surface area contributed by atoms with Gasteiger partial charge in [0.2, 0.25) is 10.0 Å². The van der Waals surface area contributed by atoms with Gasteiger partial charge in [0.1, 0.15) is 4.90 Å². The van der Waals surface area contributed by atoms with Crippen LogP contribution in [0.15, 0.2) is 29.3 Å². The standard InChI is InChI=1S/C15H19N3O2S/c16-12-4-5-13-14(6-12)17-7-15(13)21(19,20)18-8-10-2-1-3-11(10)9-18/h4-7,10-11,17H,1-3,8-9,16H2. The minimum atomic E-state index is -3.42. The molecule has 2 aromatic rings. The quantitative estimate of drug-likeness (QED) is 0.835. The molecule has 3 N–H and O–H groups in total. The molecule has 1 aliphatic carbocycles. The number of anilines is 1. The summed E-state index contributed by atoms with van der Waals surface area (Å²) in [5.41, 5.74) is 7.15. The third kappa shape index (κ3) is 1.97. The smallest absolute Gasteiger partial charge is 0.245 e. The molecule has 0 radical (unpaired) electrons. The van der Waals surface area contributed by atoms with Crippen LogP contribution in [0.25, 0.3) is 10.9 Å². The first kappa shape index (κ1) is 13.2. The highest BCUT2D eigenvalue weighted by atomic mass is 32.2. The number of nitrogens with two attached hydrogens (primary N) is 1. The lowest BCUT2D eigenvalue weighted by Gasteiger charge is -2.16. The Balaban J connectivity index is 1.73. The average Bonchev–Trinajstić information content (AvgIpc) is 3.11. The summed E-state index contributed by atoms with van der Waals surface area (Å²) in [5, 5.41) is 0.723. The third-order valence-electron chi connectivity index (χ3n) is 4.98. The van der Waals surface area contributed by atoms with Crippen molar-refractivity contribution in [3.63, 3.8) is 0 Å². The van der Waals surface area contributed by atoms with E-state index in [1.807, 2.05) is 0 Å². The van der Waals surface area contributed by atoms with Gasteiger partial charge in [-0.1, -0.05) is 6.42 Å². The summed E-state index contributed by atoms with van der Waals surface area (Å²) in [6.07, 6.45) is 5.17. The van der Waals surface area contributed by atoms with Gasteiger partial charge >= 0.3 is 0 Å². The van der Waals surface area contributed by atoms with E-state index in [1.54, 1.807) is 28.7 Å². The van der Waals surface area contributed by atoms with E-state index in [4.69, 9.17) is 5.73 Å². The number of H-pyrrole nitrogens is 1. The van der Waals surface area contributed by atoms with Gasteiger partial charge in [-0.2, -0.15) is 4.31 Å². The molecule has 1 saturated carbocycles. The second-order valence-corrected chi connectivity index (χ2v) is 8.14. The van der Waals surface area contributed by atoms with Crippen molar-refractivity contribution < 1.29 is 8.42 Å². The molecule has 0 spiro atoms. The molecule has 1 aromatic heterocycles. The molecular weight excluding hydrogens is 286 g/mol. The van der Waals surface area contributed by atoms with Crippen LogP contribution in [0, 0.1) is 11.8 Å². The first-order chi connectivity index (χ1) is 10.1. The molecule has 1 aromatic carbocycles. The summed E-state index contributed by atoms with van der Waals surface area (Å²) < 4.78 is 27.5. The van der Waals surface area contributed by atoms with Gasteiger partial charge in [-0.25, -0.2) is 8.42 Å². The minimum Gasteiger partial charge on any atom is -0.399 e. The number of aromatic nitrogens is 1. The zero-order chi connectivity index (χ0) is 14.6. The van der Waals surface area contributed by atoms with Gasteiger partial charge in [-0.05, 0) is 42.9 Å². The van der Waals surface area contributed by atoms with Crippen molar-refractivity contribution >= 4 is 26.6 Å². The van der Waals surface area contributed by atoms with E-state index in [0.29, 0.717) is 35.5 Å². The average molecular weight is 305 g/mol. The van der Waals surface area contributed by atoms with E-state index < -0.39 is 10.0 Å². The van der Waals surface area contributed by atoms with E-state index >= 15 is 0 Å². The summed E-state index contributed by atoms with van der Waals surface area (Å²) in [7, 11) is -3.42. The first-order valence-corrected chi connectivity index (χ1v) is 8.86. The molecule has 2 atom stereocenters. The highest BCUT2D eigenvalue weighted by molar-refractivity contribution is 7.89. The van der Waals surface area contributed by atoms with Crippen LogP contribution in [0.3, 0.4) is 0 Å². The lowest BCUT2D eigenvalue weighted by Crippen LogP contribution is -2.29. The van der Waals surface area contributed by atoms with Gasteiger partial charge < -0.3 is 10.7 Å². The Bertz CT molecular complexity index is 784. The number of rotatable bonds is 2. The van der Waals surface area contributed by atoms with E-state index in [-0.39, 0.29) is 0 Å². The largest absolute Gasteiger partial charge is 0.399 e. The van der Waals surface area contributed by atoms with Crippen molar-refractivity contribution in [3.05, 3.63) is 24.4 Å². The molecular formula is C15H19N3O2S. The first-order valence-electron chi connectivity index (χ1n) is 7.42. The second kappa shape index (κ2) is 4.48. The fourth-order valence-corrected chi connectivity index (χ4v) is 5.58. The molecule has 2 heterocycles. The summed E-state index contributed by atoms with van der Waals surface area (Å²) in [6, 6.07) is 5.30. The number of nitrogens with zero attached hydrogens (tertiary/aromatic N) is 1. The lowest BCUT2D eigenvalue weighted by molar-refractivity contribution is 0.446. The van der Waals surface area contributed by atoms with Crippen molar-refractivity contribution in [1.29, 1.82) is 0 Å². The van der Waals surface area contributed by atoms with Crippen LogP contribution in [0.2, 0.25) is 0 Å². The highest BCUT2D eigenvalue weighted by Crippen LogP contribution is 2.40. The van der Waals surface area contributed by atoms with Crippen LogP contribution in [0.4, 0.5) is 5.69 Å². The monoisotopic (exact) mass is 305 g/mol. The molecule has 5 nitrogen and oxygen atoms in total. The number of nitrogen functional groups attached to an aromatic ring is 1. The number of aromatic amines is 1. The van der Waals surface area contributed by atoms with Gasteiger partial charge in [0.25, 0.3) is 0 Å². The Labute approximate surface area is 124 Å². The zero-order valence-corrected chi connectivity index (χ0v) is 12.6. The van der Waals surface area contributed by atoms with Crippen molar-refractivity contribution in [2.75, 3.05) is 18.8 Å². The Kier molecular flexibility index (Phi) is 2.81. The summed E-state index contributed by atoms with van der Waals surface area (Å²) >= 11 is 0. The maximum atomic E-state index is 12.9. The SMILES string of the molecule is Nc1ccc2c(S(=O)(=O)N3CC4CCCC4C3)c[nH]c2c1. The van der Waals surface area contributed by atoms with Crippen molar-refractivity contribution in [2.24, 2.45) is 11.8 Å². The topological polar surface area (TPSA) is 79.2 Å². The maximum absolute atomic E-state index is 12.9. The summed E-state index contributed by atoms with van der Waals surface area (Å²) in [6.45, 7) is 1.35. The molecule has 21 heavy (non-hydrogen) atoms. The van der Waals surface area contributed by atoms with E-state index in [9.17, 15) is 8.42 Å². The second-order valence-electron chi connectivity index (χ2n) is 6.23. The normalized spacial score (nSPS) is 26.5. The van der Waals surface area contributed by atoms with Crippen LogP contribution in [0.5, 0.6) is 0 Å². The summed E-state index contributed by atoms with van der Waals surface area (Å²) in [4.78, 5) is 3.40. The Hall–Kier alpha value is -1.53. The van der Waals surface area contributed by atoms with Crippen LogP contribution in [0.1, 0.15) is 19.3 Å². The maximum Gasteiger partial charge on any atom is 0.245 e.